The van der Waals surface area contributed by atoms with Gasteiger partial charge in [0.1, 0.15) is 11.4 Å². The second kappa shape index (κ2) is 10.2. The third-order valence-electron chi connectivity index (χ3n) is 5.67. The zero-order chi connectivity index (χ0) is 23.3. The Kier molecular flexibility index (Phi) is 7.40. The molecule has 0 bridgehead atoms. The number of rotatable bonds is 7. The number of nitrogens with one attached hydrogen (secondary N) is 1. The summed E-state index contributed by atoms with van der Waals surface area (Å²) in [5, 5.41) is 0. The third kappa shape index (κ3) is 4.87. The summed E-state index contributed by atoms with van der Waals surface area (Å²) >= 11 is 0. The molecular formula is C23H29N3O6. The maximum atomic E-state index is 12.6. The number of carbonyl (C=O) groups excluding carboxylic acids is 3. The van der Waals surface area contributed by atoms with Crippen LogP contribution in [0.5, 0.6) is 5.75 Å². The second-order valence-electron chi connectivity index (χ2n) is 7.47. The number of benzene rings is 1. The zero-order valence-electron chi connectivity index (χ0n) is 18.9. The van der Waals surface area contributed by atoms with Crippen molar-refractivity contribution in [2.45, 2.75) is 20.3 Å². The van der Waals surface area contributed by atoms with Gasteiger partial charge in [0.2, 0.25) is 0 Å². The molecule has 0 aliphatic carbocycles. The number of carbonyl (C=O) groups is 3. The number of hydrogen-bond acceptors (Lipinski definition) is 7. The molecule has 1 aromatic carbocycles. The normalized spacial score (nSPS) is 13.6. The summed E-state index contributed by atoms with van der Waals surface area (Å²) in [5.41, 5.74) is 2.63. The standard InChI is InChI=1S/C23H29N3O6/c1-5-18-20(22(28)31-4)15(2)21(24-18)23(29)32-14-19(27)26-12-10-25(11-13-26)16-6-8-17(30-3)9-7-16/h6-9,24H,5,10-14H2,1-4H3. The van der Waals surface area contributed by atoms with Gasteiger partial charge in [0.25, 0.3) is 5.91 Å². The van der Waals surface area contributed by atoms with Crippen LogP contribution in [0.25, 0.3) is 0 Å². The van der Waals surface area contributed by atoms with E-state index >= 15 is 0 Å². The van der Waals surface area contributed by atoms with Gasteiger partial charge in [-0.15, -0.1) is 0 Å². The van der Waals surface area contributed by atoms with Crippen LogP contribution in [0.2, 0.25) is 0 Å². The van der Waals surface area contributed by atoms with Crippen molar-refractivity contribution in [2.75, 3.05) is 51.9 Å². The van der Waals surface area contributed by atoms with Crippen LogP contribution in [0.4, 0.5) is 5.69 Å². The van der Waals surface area contributed by atoms with Crippen molar-refractivity contribution >= 4 is 23.5 Å². The molecule has 1 amide bonds. The summed E-state index contributed by atoms with van der Waals surface area (Å²) < 4.78 is 15.2. The fraction of sp³-hybridized carbons (Fsp3) is 0.435. The number of anilines is 1. The number of aromatic nitrogens is 1. The molecule has 0 saturated carbocycles. The monoisotopic (exact) mass is 443 g/mol. The number of esters is 2. The molecule has 3 rings (SSSR count). The third-order valence-corrected chi connectivity index (χ3v) is 5.67. The molecular weight excluding hydrogens is 414 g/mol. The van der Waals surface area contributed by atoms with Crippen LogP contribution in [0.15, 0.2) is 24.3 Å². The number of nitrogens with zero attached hydrogens (tertiary/aromatic N) is 2. The number of hydrogen-bond donors (Lipinski definition) is 1. The van der Waals surface area contributed by atoms with E-state index in [-0.39, 0.29) is 18.2 Å². The van der Waals surface area contributed by atoms with Crippen LogP contribution in [0, 0.1) is 6.92 Å². The van der Waals surface area contributed by atoms with Crippen molar-refractivity contribution < 1.29 is 28.6 Å². The average molecular weight is 444 g/mol. The summed E-state index contributed by atoms with van der Waals surface area (Å²) in [6.07, 6.45) is 0.524. The van der Waals surface area contributed by atoms with Gasteiger partial charge in [0.05, 0.1) is 19.8 Å². The first kappa shape index (κ1) is 23.2. The number of aromatic amines is 1. The molecule has 9 nitrogen and oxygen atoms in total. The summed E-state index contributed by atoms with van der Waals surface area (Å²) in [6.45, 7) is 5.61. The Morgan fingerprint density at radius 1 is 1.00 bits per heavy atom. The van der Waals surface area contributed by atoms with E-state index in [0.29, 0.717) is 49.4 Å². The highest BCUT2D eigenvalue weighted by Gasteiger charge is 2.26. The topological polar surface area (TPSA) is 101 Å². The van der Waals surface area contributed by atoms with Gasteiger partial charge in [0, 0.05) is 37.6 Å². The highest BCUT2D eigenvalue weighted by molar-refractivity contribution is 5.99. The molecule has 0 radical (unpaired) electrons. The van der Waals surface area contributed by atoms with Gasteiger partial charge in [-0.05, 0) is 43.2 Å². The van der Waals surface area contributed by atoms with Crippen molar-refractivity contribution in [1.82, 2.24) is 9.88 Å². The number of H-pyrrole nitrogens is 1. The maximum Gasteiger partial charge on any atom is 0.355 e. The highest BCUT2D eigenvalue weighted by Crippen LogP contribution is 2.22. The Morgan fingerprint density at radius 3 is 2.22 bits per heavy atom. The molecule has 0 spiro atoms. The molecule has 0 atom stereocenters. The van der Waals surface area contributed by atoms with E-state index in [4.69, 9.17) is 14.2 Å². The van der Waals surface area contributed by atoms with Crippen LogP contribution >= 0.6 is 0 Å². The van der Waals surface area contributed by atoms with Crippen molar-refractivity contribution in [3.63, 3.8) is 0 Å². The van der Waals surface area contributed by atoms with Gasteiger partial charge >= 0.3 is 11.9 Å². The second-order valence-corrected chi connectivity index (χ2v) is 7.47. The van der Waals surface area contributed by atoms with Crippen molar-refractivity contribution in [1.29, 1.82) is 0 Å². The minimum atomic E-state index is -0.669. The lowest BCUT2D eigenvalue weighted by atomic mass is 10.1. The Balaban J connectivity index is 1.54. The quantitative estimate of drug-likeness (QED) is 0.655. The summed E-state index contributed by atoms with van der Waals surface area (Å²) in [6, 6.07) is 7.79. The number of ether oxygens (including phenoxy) is 3. The predicted molar refractivity (Wildman–Crippen MR) is 118 cm³/mol. The van der Waals surface area contributed by atoms with Crippen LogP contribution < -0.4 is 9.64 Å². The van der Waals surface area contributed by atoms with E-state index in [1.54, 1.807) is 18.9 Å². The first-order chi connectivity index (χ1) is 15.4. The first-order valence-electron chi connectivity index (χ1n) is 10.5. The molecule has 9 heteroatoms. The molecule has 1 fully saturated rings. The average Bonchev–Trinajstić information content (AvgIpc) is 3.18. The Bertz CT molecular complexity index is 974. The molecule has 1 saturated heterocycles. The zero-order valence-corrected chi connectivity index (χ0v) is 18.9. The molecule has 32 heavy (non-hydrogen) atoms. The van der Waals surface area contributed by atoms with E-state index in [0.717, 1.165) is 11.4 Å². The largest absolute Gasteiger partial charge is 0.497 e. The fourth-order valence-electron chi connectivity index (χ4n) is 3.80. The lowest BCUT2D eigenvalue weighted by Crippen LogP contribution is -2.49. The Labute approximate surface area is 187 Å². The van der Waals surface area contributed by atoms with E-state index in [1.165, 1.54) is 7.11 Å². The van der Waals surface area contributed by atoms with Gasteiger partial charge in [-0.3, -0.25) is 4.79 Å². The predicted octanol–water partition coefficient (Wildman–Crippen LogP) is 2.19. The minimum Gasteiger partial charge on any atom is -0.497 e. The van der Waals surface area contributed by atoms with Crippen LogP contribution in [0.1, 0.15) is 39.0 Å². The molecule has 1 aromatic heterocycles. The van der Waals surface area contributed by atoms with E-state index in [1.807, 2.05) is 31.2 Å². The first-order valence-corrected chi connectivity index (χ1v) is 10.5. The molecule has 2 heterocycles. The van der Waals surface area contributed by atoms with Gasteiger partial charge in [-0.1, -0.05) is 6.92 Å². The van der Waals surface area contributed by atoms with E-state index in [2.05, 4.69) is 9.88 Å². The molecule has 2 aromatic rings. The lowest BCUT2D eigenvalue weighted by molar-refractivity contribution is -0.134. The van der Waals surface area contributed by atoms with Gasteiger partial charge in [-0.25, -0.2) is 9.59 Å². The molecule has 1 N–H and O–H groups in total. The molecule has 172 valence electrons. The van der Waals surface area contributed by atoms with Crippen LogP contribution in [-0.2, 0) is 20.7 Å². The fourth-order valence-corrected chi connectivity index (χ4v) is 3.80. The van der Waals surface area contributed by atoms with E-state index in [9.17, 15) is 14.4 Å². The Hall–Kier alpha value is -3.49. The Morgan fingerprint density at radius 2 is 1.66 bits per heavy atom. The number of methoxy groups -OCH3 is 2. The SMILES string of the molecule is CCc1[nH]c(C(=O)OCC(=O)N2CCN(c3ccc(OC)cc3)CC2)c(C)c1C(=O)OC. The number of aryl methyl sites for hydroxylation is 1. The van der Waals surface area contributed by atoms with Crippen molar-refractivity contribution in [3.8, 4) is 5.75 Å². The molecule has 0 unspecified atom stereocenters. The van der Waals surface area contributed by atoms with Crippen LogP contribution in [0.3, 0.4) is 0 Å². The van der Waals surface area contributed by atoms with Gasteiger partial charge < -0.3 is 29.0 Å². The molecule has 1 aliphatic rings. The summed E-state index contributed by atoms with van der Waals surface area (Å²) in [4.78, 5) is 43.9. The van der Waals surface area contributed by atoms with Crippen molar-refractivity contribution in [2.24, 2.45) is 0 Å². The molecule has 1 aliphatic heterocycles. The maximum absolute atomic E-state index is 12.6. The van der Waals surface area contributed by atoms with Gasteiger partial charge in [0.15, 0.2) is 6.61 Å². The smallest absolute Gasteiger partial charge is 0.355 e. The summed E-state index contributed by atoms with van der Waals surface area (Å²) in [7, 11) is 2.92. The number of piperazine rings is 1. The highest BCUT2D eigenvalue weighted by atomic mass is 16.5. The summed E-state index contributed by atoms with van der Waals surface area (Å²) in [5.74, 6) is -0.634. The van der Waals surface area contributed by atoms with Gasteiger partial charge in [-0.2, -0.15) is 0 Å². The van der Waals surface area contributed by atoms with E-state index < -0.39 is 11.9 Å². The van der Waals surface area contributed by atoms with Crippen molar-refractivity contribution in [3.05, 3.63) is 46.8 Å². The van der Waals surface area contributed by atoms with Crippen LogP contribution in [-0.4, -0.2) is 74.7 Å². The minimum absolute atomic E-state index is 0.166. The number of amides is 1. The lowest BCUT2D eigenvalue weighted by Gasteiger charge is -2.36.